The molecule has 0 aliphatic carbocycles. The fourth-order valence-electron chi connectivity index (χ4n) is 2.24. The predicted molar refractivity (Wildman–Crippen MR) is 69.4 cm³/mol. The molecule has 1 atom stereocenters. The molecule has 0 N–H and O–H groups in total. The van der Waals surface area contributed by atoms with Gasteiger partial charge in [-0.25, -0.2) is 4.98 Å². The topological polar surface area (TPSA) is 84.8 Å². The Morgan fingerprint density at radius 3 is 2.90 bits per heavy atom. The summed E-state index contributed by atoms with van der Waals surface area (Å²) in [7, 11) is 0. The van der Waals surface area contributed by atoms with E-state index in [1.807, 2.05) is 13.0 Å². The third-order valence-corrected chi connectivity index (χ3v) is 3.48. The van der Waals surface area contributed by atoms with Crippen LogP contribution in [0.25, 0.3) is 11.6 Å². The Bertz CT molecular complexity index is 636. The first-order valence-corrected chi connectivity index (χ1v) is 6.56. The summed E-state index contributed by atoms with van der Waals surface area (Å²) in [4.78, 5) is 8.52. The van der Waals surface area contributed by atoms with E-state index in [0.29, 0.717) is 23.0 Å². The van der Waals surface area contributed by atoms with Crippen molar-refractivity contribution in [3.63, 3.8) is 0 Å². The van der Waals surface area contributed by atoms with Crippen molar-refractivity contribution in [1.82, 2.24) is 15.1 Å². The van der Waals surface area contributed by atoms with E-state index in [-0.39, 0.29) is 0 Å². The van der Waals surface area contributed by atoms with Crippen molar-refractivity contribution in [2.75, 3.05) is 6.61 Å². The van der Waals surface area contributed by atoms with Crippen molar-refractivity contribution in [1.29, 1.82) is 5.26 Å². The van der Waals surface area contributed by atoms with Crippen LogP contribution in [0.5, 0.6) is 0 Å². The van der Waals surface area contributed by atoms with Gasteiger partial charge in [0.2, 0.25) is 5.82 Å². The van der Waals surface area contributed by atoms with Crippen LogP contribution in [-0.2, 0) is 10.3 Å². The minimum absolute atomic E-state index is 0.347. The zero-order chi connectivity index (χ0) is 14.0. The summed E-state index contributed by atoms with van der Waals surface area (Å²) >= 11 is 0. The van der Waals surface area contributed by atoms with Crippen molar-refractivity contribution in [2.45, 2.75) is 31.8 Å². The quantitative estimate of drug-likeness (QED) is 0.833. The molecule has 1 unspecified atom stereocenters. The fourth-order valence-corrected chi connectivity index (χ4v) is 2.24. The predicted octanol–water partition coefficient (Wildman–Crippen LogP) is 2.42. The fraction of sp³-hybridized carbons (Fsp3) is 0.429. The second-order valence-electron chi connectivity index (χ2n) is 5.00. The molecule has 20 heavy (non-hydrogen) atoms. The Morgan fingerprint density at radius 1 is 1.35 bits per heavy atom. The van der Waals surface area contributed by atoms with Crippen molar-refractivity contribution in [3.05, 3.63) is 29.7 Å². The van der Waals surface area contributed by atoms with Crippen molar-refractivity contribution in [2.24, 2.45) is 0 Å². The van der Waals surface area contributed by atoms with Gasteiger partial charge in [0.1, 0.15) is 17.4 Å². The van der Waals surface area contributed by atoms with Crippen LogP contribution in [0.4, 0.5) is 0 Å². The van der Waals surface area contributed by atoms with Crippen LogP contribution in [0.15, 0.2) is 22.9 Å². The Kier molecular flexibility index (Phi) is 3.20. The minimum Gasteiger partial charge on any atom is -0.367 e. The highest BCUT2D eigenvalue weighted by Crippen LogP contribution is 2.33. The van der Waals surface area contributed by atoms with Crippen molar-refractivity contribution >= 4 is 0 Å². The number of rotatable bonds is 2. The van der Waals surface area contributed by atoms with Crippen LogP contribution in [0.2, 0.25) is 0 Å². The molecule has 3 heterocycles. The Hall–Kier alpha value is -2.26. The van der Waals surface area contributed by atoms with Crippen LogP contribution >= 0.6 is 0 Å². The molecule has 0 radical (unpaired) electrons. The summed E-state index contributed by atoms with van der Waals surface area (Å²) in [6.07, 6.45) is 4.53. The van der Waals surface area contributed by atoms with E-state index in [1.54, 1.807) is 12.1 Å². The Morgan fingerprint density at radius 2 is 2.25 bits per heavy atom. The second-order valence-corrected chi connectivity index (χ2v) is 5.00. The molecule has 0 spiro atoms. The van der Waals surface area contributed by atoms with E-state index < -0.39 is 5.60 Å². The zero-order valence-electron chi connectivity index (χ0n) is 11.2. The third kappa shape index (κ3) is 2.28. The lowest BCUT2D eigenvalue weighted by Gasteiger charge is -2.30. The van der Waals surface area contributed by atoms with Gasteiger partial charge in [0, 0.05) is 12.8 Å². The number of pyridine rings is 1. The number of ether oxygens (including phenoxy) is 1. The highest BCUT2D eigenvalue weighted by molar-refractivity contribution is 5.47. The number of aromatic nitrogens is 3. The van der Waals surface area contributed by atoms with E-state index in [2.05, 4.69) is 15.1 Å². The van der Waals surface area contributed by atoms with Gasteiger partial charge in [0.25, 0.3) is 5.89 Å². The largest absolute Gasteiger partial charge is 0.367 e. The molecule has 0 saturated carbocycles. The number of hydrogen-bond donors (Lipinski definition) is 0. The lowest BCUT2D eigenvalue weighted by Crippen LogP contribution is -2.31. The van der Waals surface area contributed by atoms with Gasteiger partial charge in [0.15, 0.2) is 0 Å². The van der Waals surface area contributed by atoms with Crippen LogP contribution in [0, 0.1) is 11.3 Å². The molecule has 0 aromatic carbocycles. The number of nitrogens with zero attached hydrogens (tertiary/aromatic N) is 4. The van der Waals surface area contributed by atoms with Crippen molar-refractivity contribution < 1.29 is 9.26 Å². The zero-order valence-corrected chi connectivity index (χ0v) is 11.2. The third-order valence-electron chi connectivity index (χ3n) is 3.48. The summed E-state index contributed by atoms with van der Waals surface area (Å²) in [5.74, 6) is 0.901. The average molecular weight is 270 g/mol. The Labute approximate surface area is 116 Å². The van der Waals surface area contributed by atoms with E-state index in [1.165, 1.54) is 6.20 Å². The molecule has 102 valence electrons. The molecule has 6 nitrogen and oxygen atoms in total. The summed E-state index contributed by atoms with van der Waals surface area (Å²) in [6.45, 7) is 2.70. The van der Waals surface area contributed by atoms with E-state index in [0.717, 1.165) is 25.9 Å². The molecule has 3 rings (SSSR count). The summed E-state index contributed by atoms with van der Waals surface area (Å²) < 4.78 is 11.0. The standard InChI is InChI=1S/C14H14N4O2/c1-14(6-2-3-7-19-14)13-17-12(20-18-13)11-5-4-10(8-15)9-16-11/h4-5,9H,2-3,6-7H2,1H3. The number of hydrogen-bond acceptors (Lipinski definition) is 6. The molecule has 2 aromatic heterocycles. The molecular formula is C14H14N4O2. The maximum atomic E-state index is 8.75. The van der Waals surface area contributed by atoms with Crippen LogP contribution in [0.3, 0.4) is 0 Å². The highest BCUT2D eigenvalue weighted by atomic mass is 16.5. The van der Waals surface area contributed by atoms with E-state index in [4.69, 9.17) is 14.5 Å². The SMILES string of the molecule is CC1(c2noc(-c3ccc(C#N)cn3)n2)CCCCO1. The Balaban J connectivity index is 1.87. The highest BCUT2D eigenvalue weighted by Gasteiger charge is 2.35. The maximum Gasteiger partial charge on any atom is 0.276 e. The molecule has 6 heteroatoms. The second kappa shape index (κ2) is 5.02. The molecule has 2 aromatic rings. The van der Waals surface area contributed by atoms with E-state index >= 15 is 0 Å². The summed E-state index contributed by atoms with van der Waals surface area (Å²) in [5, 5.41) is 12.8. The first-order chi connectivity index (χ1) is 9.71. The van der Waals surface area contributed by atoms with Crippen LogP contribution in [0.1, 0.15) is 37.6 Å². The first kappa shape index (κ1) is 12.8. The molecule has 0 amide bonds. The minimum atomic E-state index is -0.480. The van der Waals surface area contributed by atoms with Crippen molar-refractivity contribution in [3.8, 4) is 17.7 Å². The molecular weight excluding hydrogens is 256 g/mol. The van der Waals surface area contributed by atoms with Gasteiger partial charge in [-0.1, -0.05) is 5.16 Å². The van der Waals surface area contributed by atoms with Crippen LogP contribution in [-0.4, -0.2) is 21.7 Å². The first-order valence-electron chi connectivity index (χ1n) is 6.56. The molecule has 1 fully saturated rings. The van der Waals surface area contributed by atoms with Gasteiger partial charge in [-0.2, -0.15) is 10.2 Å². The van der Waals surface area contributed by atoms with Crippen LogP contribution < -0.4 is 0 Å². The van der Waals surface area contributed by atoms with Gasteiger partial charge >= 0.3 is 0 Å². The molecule has 1 saturated heterocycles. The van der Waals surface area contributed by atoms with Gasteiger partial charge in [0.05, 0.1) is 5.56 Å². The lowest BCUT2D eigenvalue weighted by molar-refractivity contribution is -0.0770. The summed E-state index contributed by atoms with van der Waals surface area (Å²) in [6, 6.07) is 5.39. The average Bonchev–Trinajstić information content (AvgIpc) is 2.99. The lowest BCUT2D eigenvalue weighted by atomic mass is 9.95. The normalized spacial score (nSPS) is 22.4. The molecule has 1 aliphatic heterocycles. The smallest absolute Gasteiger partial charge is 0.276 e. The molecule has 0 bridgehead atoms. The maximum absolute atomic E-state index is 8.75. The van der Waals surface area contributed by atoms with Gasteiger partial charge in [-0.15, -0.1) is 0 Å². The van der Waals surface area contributed by atoms with Gasteiger partial charge < -0.3 is 9.26 Å². The van der Waals surface area contributed by atoms with E-state index in [9.17, 15) is 0 Å². The molecule has 1 aliphatic rings. The monoisotopic (exact) mass is 270 g/mol. The van der Waals surface area contributed by atoms with Gasteiger partial charge in [-0.05, 0) is 38.3 Å². The summed E-state index contributed by atoms with van der Waals surface area (Å²) in [5.41, 5.74) is 0.574. The van der Waals surface area contributed by atoms with Gasteiger partial charge in [-0.3, -0.25) is 0 Å². The number of nitriles is 1.